The summed E-state index contributed by atoms with van der Waals surface area (Å²) in [5.41, 5.74) is 2.69. The van der Waals surface area contributed by atoms with E-state index in [-0.39, 0.29) is 11.9 Å². The van der Waals surface area contributed by atoms with Crippen LogP contribution in [0.15, 0.2) is 36.5 Å². The summed E-state index contributed by atoms with van der Waals surface area (Å²) < 4.78 is 1.83. The minimum atomic E-state index is -0.0746. The first-order valence-corrected chi connectivity index (χ1v) is 6.90. The molecule has 5 heteroatoms. The van der Waals surface area contributed by atoms with Crippen molar-refractivity contribution in [3.05, 3.63) is 42.2 Å². The topological polar surface area (TPSA) is 59.0 Å². The quantitative estimate of drug-likeness (QED) is 0.895. The molecule has 104 valence electrons. The van der Waals surface area contributed by atoms with Gasteiger partial charge in [0.2, 0.25) is 5.91 Å². The molecule has 1 atom stereocenters. The number of hydrogen-bond donors (Lipinski definition) is 2. The average Bonchev–Trinajstić information content (AvgIpc) is 3.11. The van der Waals surface area contributed by atoms with E-state index in [1.54, 1.807) is 6.20 Å². The van der Waals surface area contributed by atoms with Crippen molar-refractivity contribution >= 4 is 11.6 Å². The van der Waals surface area contributed by atoms with E-state index in [9.17, 15) is 4.79 Å². The summed E-state index contributed by atoms with van der Waals surface area (Å²) in [5, 5.41) is 10.5. The van der Waals surface area contributed by atoms with Gasteiger partial charge in [-0.2, -0.15) is 5.10 Å². The second kappa shape index (κ2) is 5.46. The van der Waals surface area contributed by atoms with Crippen LogP contribution >= 0.6 is 0 Å². The largest absolute Gasteiger partial charge is 0.322 e. The van der Waals surface area contributed by atoms with Gasteiger partial charge in [-0.1, -0.05) is 18.2 Å². The van der Waals surface area contributed by atoms with Gasteiger partial charge in [0.05, 0.1) is 29.3 Å². The number of nitrogens with zero attached hydrogens (tertiary/aromatic N) is 2. The van der Waals surface area contributed by atoms with Crippen LogP contribution in [0, 0.1) is 6.92 Å². The fourth-order valence-electron chi connectivity index (χ4n) is 2.49. The molecule has 1 unspecified atom stereocenters. The summed E-state index contributed by atoms with van der Waals surface area (Å²) >= 11 is 0. The molecule has 20 heavy (non-hydrogen) atoms. The summed E-state index contributed by atoms with van der Waals surface area (Å²) in [6.45, 7) is 2.87. The molecule has 1 aromatic carbocycles. The first kappa shape index (κ1) is 12.9. The van der Waals surface area contributed by atoms with E-state index in [1.165, 1.54) is 0 Å². The Morgan fingerprint density at radius 2 is 2.20 bits per heavy atom. The number of para-hydroxylation sites is 1. The normalized spacial score (nSPS) is 18.1. The van der Waals surface area contributed by atoms with Crippen molar-refractivity contribution in [2.24, 2.45) is 0 Å². The van der Waals surface area contributed by atoms with Gasteiger partial charge in [0.25, 0.3) is 0 Å². The van der Waals surface area contributed by atoms with E-state index in [4.69, 9.17) is 0 Å². The predicted molar refractivity (Wildman–Crippen MR) is 78.0 cm³/mol. The van der Waals surface area contributed by atoms with Crippen molar-refractivity contribution in [3.8, 4) is 5.69 Å². The highest BCUT2D eigenvalue weighted by Crippen LogP contribution is 2.19. The number of anilines is 1. The molecule has 0 aliphatic carbocycles. The van der Waals surface area contributed by atoms with Gasteiger partial charge in [0, 0.05) is 0 Å². The van der Waals surface area contributed by atoms with Gasteiger partial charge in [-0.25, -0.2) is 4.68 Å². The third kappa shape index (κ3) is 2.44. The van der Waals surface area contributed by atoms with E-state index >= 15 is 0 Å². The van der Waals surface area contributed by atoms with Gasteiger partial charge in [0.1, 0.15) is 0 Å². The maximum absolute atomic E-state index is 12.1. The van der Waals surface area contributed by atoms with Gasteiger partial charge in [0.15, 0.2) is 0 Å². The lowest BCUT2D eigenvalue weighted by molar-refractivity contribution is -0.117. The van der Waals surface area contributed by atoms with Gasteiger partial charge in [-0.3, -0.25) is 4.79 Å². The molecule has 0 spiro atoms. The predicted octanol–water partition coefficient (Wildman–Crippen LogP) is 1.87. The number of amides is 1. The second-order valence-corrected chi connectivity index (χ2v) is 5.03. The first-order valence-electron chi connectivity index (χ1n) is 6.90. The number of hydrogen-bond acceptors (Lipinski definition) is 3. The summed E-state index contributed by atoms with van der Waals surface area (Å²) in [5.74, 6) is 0.0261. The monoisotopic (exact) mass is 270 g/mol. The highest BCUT2D eigenvalue weighted by atomic mass is 16.2. The van der Waals surface area contributed by atoms with E-state index < -0.39 is 0 Å². The Labute approximate surface area is 118 Å². The third-order valence-electron chi connectivity index (χ3n) is 3.65. The molecule has 2 N–H and O–H groups in total. The van der Waals surface area contributed by atoms with Crippen LogP contribution in [-0.2, 0) is 4.79 Å². The minimum Gasteiger partial charge on any atom is -0.322 e. The molecule has 2 heterocycles. The molecule has 3 rings (SSSR count). The molecule has 2 aromatic rings. The van der Waals surface area contributed by atoms with Crippen LogP contribution in [0.4, 0.5) is 5.69 Å². The molecule has 5 nitrogen and oxygen atoms in total. The van der Waals surface area contributed by atoms with Crippen LogP contribution in [-0.4, -0.2) is 28.3 Å². The molecule has 1 fully saturated rings. The Kier molecular flexibility index (Phi) is 3.52. The summed E-state index contributed by atoms with van der Waals surface area (Å²) in [4.78, 5) is 12.1. The zero-order chi connectivity index (χ0) is 13.9. The molecule has 0 saturated carbocycles. The van der Waals surface area contributed by atoms with Crippen LogP contribution in [0.1, 0.15) is 18.5 Å². The number of carbonyl (C=O) groups excluding carboxylic acids is 1. The van der Waals surface area contributed by atoms with E-state index in [2.05, 4.69) is 15.7 Å². The summed E-state index contributed by atoms with van der Waals surface area (Å²) in [6, 6.07) is 9.81. The van der Waals surface area contributed by atoms with Gasteiger partial charge >= 0.3 is 0 Å². The lowest BCUT2D eigenvalue weighted by Crippen LogP contribution is -2.35. The first-order chi connectivity index (χ1) is 9.75. The number of carbonyl (C=O) groups is 1. The molecule has 1 aliphatic heterocycles. The molecular weight excluding hydrogens is 252 g/mol. The summed E-state index contributed by atoms with van der Waals surface area (Å²) in [6.07, 6.45) is 3.66. The number of aromatic nitrogens is 2. The molecule has 0 bridgehead atoms. The van der Waals surface area contributed by atoms with Crippen molar-refractivity contribution in [3.63, 3.8) is 0 Å². The van der Waals surface area contributed by atoms with E-state index in [0.717, 1.165) is 36.5 Å². The summed E-state index contributed by atoms with van der Waals surface area (Å²) in [7, 11) is 0. The Hall–Kier alpha value is -2.14. The molecule has 1 aromatic heterocycles. The Bertz CT molecular complexity index is 600. The van der Waals surface area contributed by atoms with Crippen molar-refractivity contribution in [1.29, 1.82) is 0 Å². The van der Waals surface area contributed by atoms with Crippen molar-refractivity contribution in [1.82, 2.24) is 15.1 Å². The maximum atomic E-state index is 12.1. The smallest absolute Gasteiger partial charge is 0.241 e. The second-order valence-electron chi connectivity index (χ2n) is 5.03. The molecule has 0 radical (unpaired) electrons. The Balaban J connectivity index is 1.78. The SMILES string of the molecule is Cc1c(NC(=O)C2CCCN2)cnn1-c1ccccc1. The van der Waals surface area contributed by atoms with Crippen molar-refractivity contribution < 1.29 is 4.79 Å². The maximum Gasteiger partial charge on any atom is 0.241 e. The highest BCUT2D eigenvalue weighted by molar-refractivity contribution is 5.95. The molecular formula is C15H18N4O. The van der Waals surface area contributed by atoms with E-state index in [1.807, 2.05) is 41.9 Å². The van der Waals surface area contributed by atoms with Crippen LogP contribution in [0.3, 0.4) is 0 Å². The molecule has 1 amide bonds. The number of nitrogens with one attached hydrogen (secondary N) is 2. The Morgan fingerprint density at radius 1 is 1.40 bits per heavy atom. The van der Waals surface area contributed by atoms with Crippen LogP contribution in [0.25, 0.3) is 5.69 Å². The standard InChI is InChI=1S/C15H18N4O/c1-11-14(18-15(20)13-8-5-9-16-13)10-17-19(11)12-6-3-2-4-7-12/h2-4,6-7,10,13,16H,5,8-9H2,1H3,(H,18,20). The fourth-order valence-corrected chi connectivity index (χ4v) is 2.49. The van der Waals surface area contributed by atoms with Crippen LogP contribution in [0.5, 0.6) is 0 Å². The highest BCUT2D eigenvalue weighted by Gasteiger charge is 2.23. The van der Waals surface area contributed by atoms with E-state index in [0.29, 0.717) is 0 Å². The van der Waals surface area contributed by atoms with Gasteiger partial charge < -0.3 is 10.6 Å². The average molecular weight is 270 g/mol. The molecule has 1 aliphatic rings. The molecule has 1 saturated heterocycles. The lowest BCUT2D eigenvalue weighted by Gasteiger charge is -2.11. The number of rotatable bonds is 3. The number of benzene rings is 1. The van der Waals surface area contributed by atoms with Gasteiger partial charge in [-0.15, -0.1) is 0 Å². The minimum absolute atomic E-state index is 0.0261. The van der Waals surface area contributed by atoms with Gasteiger partial charge in [-0.05, 0) is 38.4 Å². The third-order valence-corrected chi connectivity index (χ3v) is 3.65. The fraction of sp³-hybridized carbons (Fsp3) is 0.333. The van der Waals surface area contributed by atoms with Crippen molar-refractivity contribution in [2.45, 2.75) is 25.8 Å². The zero-order valence-corrected chi connectivity index (χ0v) is 11.5. The van der Waals surface area contributed by atoms with Crippen LogP contribution < -0.4 is 10.6 Å². The van der Waals surface area contributed by atoms with Crippen LogP contribution in [0.2, 0.25) is 0 Å². The van der Waals surface area contributed by atoms with Crippen molar-refractivity contribution in [2.75, 3.05) is 11.9 Å². The zero-order valence-electron chi connectivity index (χ0n) is 11.5. The Morgan fingerprint density at radius 3 is 2.90 bits per heavy atom. The lowest BCUT2D eigenvalue weighted by atomic mass is 10.2.